The molecule has 0 bridgehead atoms. The van der Waals surface area contributed by atoms with Crippen LogP contribution in [0.15, 0.2) is 53.5 Å². The number of likely N-dealkylation sites (N-methyl/N-ethyl adjacent to an activating group) is 1. The van der Waals surface area contributed by atoms with Gasteiger partial charge in [-0.1, -0.05) is 30.3 Å². The van der Waals surface area contributed by atoms with Gasteiger partial charge in [-0.3, -0.25) is 9.79 Å². The van der Waals surface area contributed by atoms with Gasteiger partial charge in [-0.15, -0.1) is 0 Å². The molecule has 0 spiro atoms. The quantitative estimate of drug-likeness (QED) is 0.687. The second-order valence-electron chi connectivity index (χ2n) is 5.08. The number of rotatable bonds is 1. The first-order valence-corrected chi connectivity index (χ1v) is 7.86. The SMILES string of the molecule is C[C@@H]1N=C(c2ccccc2)c2cc(I)ccc2N(C)C1=O. The number of benzene rings is 2. The summed E-state index contributed by atoms with van der Waals surface area (Å²) in [5.74, 6) is 0.0170. The Bertz CT molecular complexity index is 725. The van der Waals surface area contributed by atoms with Crippen molar-refractivity contribution in [3.8, 4) is 0 Å². The fraction of sp³-hybridized carbons (Fsp3) is 0.176. The maximum absolute atomic E-state index is 12.4. The lowest BCUT2D eigenvalue weighted by Gasteiger charge is -2.19. The van der Waals surface area contributed by atoms with Gasteiger partial charge in [0.15, 0.2) is 0 Å². The van der Waals surface area contributed by atoms with Gasteiger partial charge in [0.1, 0.15) is 6.04 Å². The molecule has 2 aromatic rings. The van der Waals surface area contributed by atoms with Gasteiger partial charge in [0.05, 0.1) is 11.4 Å². The number of hydrogen-bond acceptors (Lipinski definition) is 2. The second kappa shape index (κ2) is 5.60. The Morgan fingerprint density at radius 2 is 1.86 bits per heavy atom. The lowest BCUT2D eigenvalue weighted by atomic mass is 10.0. The number of fused-ring (bicyclic) bond motifs is 1. The number of amides is 1. The van der Waals surface area contributed by atoms with Crippen molar-refractivity contribution in [2.45, 2.75) is 13.0 Å². The Balaban J connectivity index is 2.27. The molecule has 3 rings (SSSR count). The molecule has 0 N–H and O–H groups in total. The molecule has 0 fully saturated rings. The van der Waals surface area contributed by atoms with E-state index in [4.69, 9.17) is 0 Å². The van der Waals surface area contributed by atoms with Crippen LogP contribution in [0.4, 0.5) is 5.69 Å². The van der Waals surface area contributed by atoms with Crippen LogP contribution >= 0.6 is 22.6 Å². The van der Waals surface area contributed by atoms with Crippen LogP contribution in [0.25, 0.3) is 0 Å². The highest BCUT2D eigenvalue weighted by molar-refractivity contribution is 14.1. The molecule has 3 nitrogen and oxygen atoms in total. The van der Waals surface area contributed by atoms with Gasteiger partial charge in [-0.2, -0.15) is 0 Å². The van der Waals surface area contributed by atoms with E-state index in [-0.39, 0.29) is 11.9 Å². The van der Waals surface area contributed by atoms with Gasteiger partial charge in [0.2, 0.25) is 0 Å². The minimum atomic E-state index is -0.379. The summed E-state index contributed by atoms with van der Waals surface area (Å²) in [6, 6.07) is 15.7. The molecule has 1 amide bonds. The molecule has 1 aliphatic heterocycles. The first kappa shape index (κ1) is 14.3. The van der Waals surface area contributed by atoms with Crippen molar-refractivity contribution in [2.75, 3.05) is 11.9 Å². The molecule has 0 saturated carbocycles. The molecule has 0 unspecified atom stereocenters. The zero-order chi connectivity index (χ0) is 15.0. The Morgan fingerprint density at radius 1 is 1.14 bits per heavy atom. The third-order valence-corrected chi connectivity index (χ3v) is 4.30. The largest absolute Gasteiger partial charge is 0.313 e. The van der Waals surface area contributed by atoms with Gasteiger partial charge in [0.25, 0.3) is 5.91 Å². The van der Waals surface area contributed by atoms with E-state index >= 15 is 0 Å². The van der Waals surface area contributed by atoms with Crippen LogP contribution in [-0.2, 0) is 4.79 Å². The fourth-order valence-corrected chi connectivity index (χ4v) is 3.03. The molecular formula is C17H15IN2O. The summed E-state index contributed by atoms with van der Waals surface area (Å²) in [7, 11) is 1.81. The highest BCUT2D eigenvalue weighted by atomic mass is 127. The second-order valence-corrected chi connectivity index (χ2v) is 6.32. The average molecular weight is 390 g/mol. The molecule has 0 radical (unpaired) electrons. The number of benzodiazepines with no additional fused rings is 1. The molecule has 0 saturated heterocycles. The zero-order valence-corrected chi connectivity index (χ0v) is 14.0. The van der Waals surface area contributed by atoms with E-state index in [1.54, 1.807) is 4.90 Å². The monoisotopic (exact) mass is 390 g/mol. The Labute approximate surface area is 137 Å². The summed E-state index contributed by atoms with van der Waals surface area (Å²) < 4.78 is 1.13. The number of carbonyl (C=O) groups excluding carboxylic acids is 1. The summed E-state index contributed by atoms with van der Waals surface area (Å²) in [6.07, 6.45) is 0. The molecular weight excluding hydrogens is 375 g/mol. The highest BCUT2D eigenvalue weighted by Crippen LogP contribution is 2.29. The molecule has 106 valence electrons. The van der Waals surface area contributed by atoms with E-state index in [1.807, 2.05) is 56.4 Å². The first-order chi connectivity index (χ1) is 10.1. The van der Waals surface area contributed by atoms with Crippen LogP contribution in [0, 0.1) is 3.57 Å². The molecule has 1 aliphatic rings. The molecule has 0 aromatic heterocycles. The van der Waals surface area contributed by atoms with Crippen LogP contribution in [0.5, 0.6) is 0 Å². The van der Waals surface area contributed by atoms with Crippen molar-refractivity contribution < 1.29 is 4.79 Å². The molecule has 2 aromatic carbocycles. The number of aliphatic imine (C=N–C) groups is 1. The van der Waals surface area contributed by atoms with Gasteiger partial charge in [0, 0.05) is 21.7 Å². The summed E-state index contributed by atoms with van der Waals surface area (Å²) in [5.41, 5.74) is 3.84. The van der Waals surface area contributed by atoms with Crippen molar-refractivity contribution in [3.05, 3.63) is 63.2 Å². The van der Waals surface area contributed by atoms with Crippen molar-refractivity contribution in [2.24, 2.45) is 4.99 Å². The standard InChI is InChI=1S/C17H15IN2O/c1-11-17(21)20(2)15-9-8-13(18)10-14(15)16(19-11)12-6-4-3-5-7-12/h3-11H,1-2H3/t11-/m0/s1. The van der Waals surface area contributed by atoms with E-state index < -0.39 is 0 Å². The van der Waals surface area contributed by atoms with E-state index in [1.165, 1.54) is 0 Å². The van der Waals surface area contributed by atoms with Gasteiger partial charge < -0.3 is 4.90 Å². The Kier molecular flexibility index (Phi) is 3.80. The smallest absolute Gasteiger partial charge is 0.251 e. The maximum atomic E-state index is 12.4. The van der Waals surface area contributed by atoms with Gasteiger partial charge in [-0.25, -0.2) is 0 Å². The van der Waals surface area contributed by atoms with E-state index in [0.29, 0.717) is 0 Å². The number of halogens is 1. The normalized spacial score (nSPS) is 18.0. The van der Waals surface area contributed by atoms with Gasteiger partial charge >= 0.3 is 0 Å². The van der Waals surface area contributed by atoms with Crippen LogP contribution < -0.4 is 4.90 Å². The summed E-state index contributed by atoms with van der Waals surface area (Å²) in [5, 5.41) is 0. The number of carbonyl (C=O) groups is 1. The molecule has 1 heterocycles. The number of anilines is 1. The summed E-state index contributed by atoms with van der Waals surface area (Å²) >= 11 is 2.29. The lowest BCUT2D eigenvalue weighted by molar-refractivity contribution is -0.119. The van der Waals surface area contributed by atoms with Crippen LogP contribution in [-0.4, -0.2) is 24.7 Å². The summed E-state index contributed by atoms with van der Waals surface area (Å²) in [4.78, 5) is 18.8. The molecule has 1 atom stereocenters. The number of hydrogen-bond donors (Lipinski definition) is 0. The number of nitrogens with zero attached hydrogens (tertiary/aromatic N) is 2. The average Bonchev–Trinajstić information content (AvgIpc) is 2.59. The molecule has 0 aliphatic carbocycles. The minimum Gasteiger partial charge on any atom is -0.313 e. The minimum absolute atomic E-state index is 0.0170. The lowest BCUT2D eigenvalue weighted by Crippen LogP contribution is -2.32. The molecule has 21 heavy (non-hydrogen) atoms. The van der Waals surface area contributed by atoms with Crippen molar-refractivity contribution >= 4 is 39.9 Å². The highest BCUT2D eigenvalue weighted by Gasteiger charge is 2.27. The predicted octanol–water partition coefficient (Wildman–Crippen LogP) is 3.49. The topological polar surface area (TPSA) is 32.7 Å². The first-order valence-electron chi connectivity index (χ1n) is 6.78. The Morgan fingerprint density at radius 3 is 2.57 bits per heavy atom. The van der Waals surface area contributed by atoms with E-state index in [0.717, 1.165) is 26.1 Å². The van der Waals surface area contributed by atoms with E-state index in [2.05, 4.69) is 33.6 Å². The Hall–Kier alpha value is -1.69. The van der Waals surface area contributed by atoms with Crippen molar-refractivity contribution in [1.82, 2.24) is 0 Å². The zero-order valence-electron chi connectivity index (χ0n) is 11.9. The van der Waals surface area contributed by atoms with Crippen molar-refractivity contribution in [1.29, 1.82) is 0 Å². The third kappa shape index (κ3) is 2.60. The fourth-order valence-electron chi connectivity index (χ4n) is 2.53. The van der Waals surface area contributed by atoms with Crippen LogP contribution in [0.3, 0.4) is 0 Å². The molecule has 4 heteroatoms. The van der Waals surface area contributed by atoms with E-state index in [9.17, 15) is 4.79 Å². The third-order valence-electron chi connectivity index (χ3n) is 3.63. The van der Waals surface area contributed by atoms with Gasteiger partial charge in [-0.05, 0) is 47.7 Å². The maximum Gasteiger partial charge on any atom is 0.251 e. The summed E-state index contributed by atoms with van der Waals surface area (Å²) in [6.45, 7) is 1.85. The van der Waals surface area contributed by atoms with Crippen LogP contribution in [0.2, 0.25) is 0 Å². The van der Waals surface area contributed by atoms with Crippen molar-refractivity contribution in [3.63, 3.8) is 0 Å². The predicted molar refractivity (Wildman–Crippen MR) is 94.1 cm³/mol. The van der Waals surface area contributed by atoms with Crippen LogP contribution in [0.1, 0.15) is 18.1 Å².